The number of Topliss-reactive ketones (excluding diaryl/α,β-unsaturated/α-hetero) is 1. The van der Waals surface area contributed by atoms with Crippen molar-refractivity contribution in [2.45, 2.75) is 25.8 Å². The zero-order chi connectivity index (χ0) is 15.2. The first-order valence-corrected chi connectivity index (χ1v) is 7.58. The second-order valence-electron chi connectivity index (χ2n) is 5.77. The van der Waals surface area contributed by atoms with Crippen LogP contribution in [-0.2, 0) is 4.74 Å². The fraction of sp³-hybridized carbons (Fsp3) is 0.588. The Bertz CT molecular complexity index is 454. The van der Waals surface area contributed by atoms with E-state index in [0.29, 0.717) is 12.2 Å². The van der Waals surface area contributed by atoms with Crippen molar-refractivity contribution in [2.75, 3.05) is 33.9 Å². The molecule has 0 spiro atoms. The standard InChI is InChI=1S/C17H25NO3/c1-13(18(2)10-11-21-12-14-4-5-14)17(19)15-6-8-16(20-3)9-7-15/h6-9,13-14H,4-5,10-12H2,1-3H3. The molecule has 4 heteroatoms. The van der Waals surface area contributed by atoms with E-state index in [1.54, 1.807) is 7.11 Å². The van der Waals surface area contributed by atoms with E-state index in [-0.39, 0.29) is 11.8 Å². The lowest BCUT2D eigenvalue weighted by molar-refractivity contribution is 0.0749. The lowest BCUT2D eigenvalue weighted by atomic mass is 10.0. The molecular formula is C17H25NO3. The van der Waals surface area contributed by atoms with Gasteiger partial charge in [-0.2, -0.15) is 0 Å². The molecule has 1 aliphatic rings. The Hall–Kier alpha value is -1.39. The fourth-order valence-electron chi connectivity index (χ4n) is 2.13. The number of carbonyl (C=O) groups is 1. The minimum atomic E-state index is -0.150. The van der Waals surface area contributed by atoms with E-state index >= 15 is 0 Å². The minimum absolute atomic E-state index is 0.127. The van der Waals surface area contributed by atoms with Gasteiger partial charge in [-0.05, 0) is 57.0 Å². The molecule has 1 atom stereocenters. The van der Waals surface area contributed by atoms with Crippen molar-refractivity contribution in [1.82, 2.24) is 4.90 Å². The van der Waals surface area contributed by atoms with Crippen LogP contribution in [0.1, 0.15) is 30.1 Å². The van der Waals surface area contributed by atoms with Gasteiger partial charge in [0.2, 0.25) is 0 Å². The first-order valence-electron chi connectivity index (χ1n) is 7.58. The number of carbonyl (C=O) groups excluding carboxylic acids is 1. The SMILES string of the molecule is COc1ccc(C(=O)C(C)N(C)CCOCC2CC2)cc1. The van der Waals surface area contributed by atoms with Crippen LogP contribution in [0.2, 0.25) is 0 Å². The molecule has 0 bridgehead atoms. The summed E-state index contributed by atoms with van der Waals surface area (Å²) in [5, 5.41) is 0. The van der Waals surface area contributed by atoms with E-state index in [4.69, 9.17) is 9.47 Å². The summed E-state index contributed by atoms with van der Waals surface area (Å²) in [6.07, 6.45) is 2.62. The maximum atomic E-state index is 12.4. The second kappa shape index (κ2) is 7.57. The molecule has 0 heterocycles. The molecule has 1 saturated carbocycles. The summed E-state index contributed by atoms with van der Waals surface area (Å²) >= 11 is 0. The fourth-order valence-corrected chi connectivity index (χ4v) is 2.13. The molecule has 1 aromatic carbocycles. The van der Waals surface area contributed by atoms with Gasteiger partial charge in [-0.25, -0.2) is 0 Å². The normalized spacial score (nSPS) is 16.0. The Labute approximate surface area is 127 Å². The zero-order valence-corrected chi connectivity index (χ0v) is 13.2. The number of rotatable bonds is 9. The van der Waals surface area contributed by atoms with Crippen molar-refractivity contribution in [3.8, 4) is 5.75 Å². The lowest BCUT2D eigenvalue weighted by Crippen LogP contribution is -2.38. The quantitative estimate of drug-likeness (QED) is 0.518. The third-order valence-corrected chi connectivity index (χ3v) is 4.05. The highest BCUT2D eigenvalue weighted by atomic mass is 16.5. The highest BCUT2D eigenvalue weighted by Crippen LogP contribution is 2.28. The molecule has 0 amide bonds. The molecule has 0 saturated heterocycles. The minimum Gasteiger partial charge on any atom is -0.497 e. The summed E-state index contributed by atoms with van der Waals surface area (Å²) in [5.41, 5.74) is 0.717. The monoisotopic (exact) mass is 291 g/mol. The first-order chi connectivity index (χ1) is 10.1. The summed E-state index contributed by atoms with van der Waals surface area (Å²) < 4.78 is 10.7. The van der Waals surface area contributed by atoms with Gasteiger partial charge in [0.25, 0.3) is 0 Å². The van der Waals surface area contributed by atoms with Crippen molar-refractivity contribution >= 4 is 5.78 Å². The van der Waals surface area contributed by atoms with Crippen molar-refractivity contribution < 1.29 is 14.3 Å². The van der Waals surface area contributed by atoms with E-state index in [0.717, 1.165) is 24.8 Å². The number of benzene rings is 1. The van der Waals surface area contributed by atoms with Gasteiger partial charge in [-0.15, -0.1) is 0 Å². The summed E-state index contributed by atoms with van der Waals surface area (Å²) in [5.74, 6) is 1.68. The summed E-state index contributed by atoms with van der Waals surface area (Å²) in [6.45, 7) is 4.27. The number of hydrogen-bond acceptors (Lipinski definition) is 4. The first kappa shape index (κ1) is 16.0. The molecule has 0 N–H and O–H groups in total. The maximum absolute atomic E-state index is 12.4. The van der Waals surface area contributed by atoms with Crippen LogP contribution in [0.25, 0.3) is 0 Å². The predicted molar refractivity (Wildman–Crippen MR) is 83.0 cm³/mol. The average Bonchev–Trinajstić information content (AvgIpc) is 3.34. The second-order valence-corrected chi connectivity index (χ2v) is 5.77. The number of likely N-dealkylation sites (N-methyl/N-ethyl adjacent to an activating group) is 1. The third kappa shape index (κ3) is 4.83. The van der Waals surface area contributed by atoms with Crippen molar-refractivity contribution in [2.24, 2.45) is 5.92 Å². The van der Waals surface area contributed by atoms with Crippen LogP contribution in [0.5, 0.6) is 5.75 Å². The van der Waals surface area contributed by atoms with Crippen LogP contribution >= 0.6 is 0 Å². The maximum Gasteiger partial charge on any atom is 0.179 e. The van der Waals surface area contributed by atoms with Crippen molar-refractivity contribution in [1.29, 1.82) is 0 Å². The van der Waals surface area contributed by atoms with Crippen LogP contribution in [-0.4, -0.2) is 50.6 Å². The van der Waals surface area contributed by atoms with Gasteiger partial charge in [-0.3, -0.25) is 9.69 Å². The van der Waals surface area contributed by atoms with Crippen LogP contribution in [0, 0.1) is 5.92 Å². The summed E-state index contributed by atoms with van der Waals surface area (Å²) in [6, 6.07) is 7.12. The zero-order valence-electron chi connectivity index (χ0n) is 13.2. The van der Waals surface area contributed by atoms with E-state index in [1.165, 1.54) is 12.8 Å². The van der Waals surface area contributed by atoms with Gasteiger partial charge < -0.3 is 9.47 Å². The van der Waals surface area contributed by atoms with Crippen molar-refractivity contribution in [3.63, 3.8) is 0 Å². The third-order valence-electron chi connectivity index (χ3n) is 4.05. The number of hydrogen-bond donors (Lipinski definition) is 0. The van der Waals surface area contributed by atoms with E-state index < -0.39 is 0 Å². The highest BCUT2D eigenvalue weighted by molar-refractivity contribution is 5.99. The highest BCUT2D eigenvalue weighted by Gasteiger charge is 2.22. The van der Waals surface area contributed by atoms with E-state index in [9.17, 15) is 4.79 Å². The Morgan fingerprint density at radius 2 is 2.00 bits per heavy atom. The smallest absolute Gasteiger partial charge is 0.179 e. The lowest BCUT2D eigenvalue weighted by Gasteiger charge is -2.23. The molecule has 21 heavy (non-hydrogen) atoms. The molecule has 1 fully saturated rings. The Morgan fingerprint density at radius 1 is 1.33 bits per heavy atom. The average molecular weight is 291 g/mol. The van der Waals surface area contributed by atoms with Crippen LogP contribution in [0.3, 0.4) is 0 Å². The Kier molecular flexibility index (Phi) is 5.76. The summed E-state index contributed by atoms with van der Waals surface area (Å²) in [4.78, 5) is 14.5. The molecule has 2 rings (SSSR count). The molecule has 0 radical (unpaired) electrons. The van der Waals surface area contributed by atoms with Crippen LogP contribution in [0.15, 0.2) is 24.3 Å². The van der Waals surface area contributed by atoms with Gasteiger partial charge >= 0.3 is 0 Å². The van der Waals surface area contributed by atoms with E-state index in [1.807, 2.05) is 43.1 Å². The van der Waals surface area contributed by atoms with Crippen LogP contribution in [0.4, 0.5) is 0 Å². The predicted octanol–water partition coefficient (Wildman–Crippen LogP) is 2.62. The van der Waals surface area contributed by atoms with Gasteiger partial charge in [0.1, 0.15) is 5.75 Å². The number of methoxy groups -OCH3 is 1. The number of ketones is 1. The van der Waals surface area contributed by atoms with Crippen LogP contribution < -0.4 is 4.74 Å². The van der Waals surface area contributed by atoms with Gasteiger partial charge in [0.05, 0.1) is 19.8 Å². The molecule has 0 aliphatic heterocycles. The van der Waals surface area contributed by atoms with Gasteiger partial charge in [0.15, 0.2) is 5.78 Å². The Morgan fingerprint density at radius 3 is 2.57 bits per heavy atom. The molecular weight excluding hydrogens is 266 g/mol. The van der Waals surface area contributed by atoms with E-state index in [2.05, 4.69) is 0 Å². The molecule has 1 aromatic rings. The molecule has 116 valence electrons. The number of ether oxygens (including phenoxy) is 2. The van der Waals surface area contributed by atoms with Crippen molar-refractivity contribution in [3.05, 3.63) is 29.8 Å². The summed E-state index contributed by atoms with van der Waals surface area (Å²) in [7, 11) is 3.58. The topological polar surface area (TPSA) is 38.8 Å². The molecule has 1 aliphatic carbocycles. The Balaban J connectivity index is 1.78. The van der Waals surface area contributed by atoms with Gasteiger partial charge in [-0.1, -0.05) is 0 Å². The largest absolute Gasteiger partial charge is 0.497 e. The molecule has 1 unspecified atom stereocenters. The van der Waals surface area contributed by atoms with Gasteiger partial charge in [0, 0.05) is 18.7 Å². The molecule has 0 aromatic heterocycles. The number of nitrogens with zero attached hydrogens (tertiary/aromatic N) is 1. The molecule has 4 nitrogen and oxygen atoms in total.